The first-order chi connectivity index (χ1) is 5.20. The van der Waals surface area contributed by atoms with Crippen LogP contribution < -0.4 is 5.43 Å². The Bertz CT molecular complexity index is 159. The highest BCUT2D eigenvalue weighted by atomic mass is 79.9. The summed E-state index contributed by atoms with van der Waals surface area (Å²) >= 11 is 3.18. The number of ether oxygens (including phenoxy) is 1. The predicted molar refractivity (Wildman–Crippen MR) is 47.1 cm³/mol. The molecule has 0 aliphatic carbocycles. The van der Waals surface area contributed by atoms with Gasteiger partial charge < -0.3 is 4.74 Å². The molecule has 0 bridgehead atoms. The largest absolute Gasteiger partial charge is 0.449 e. The van der Waals surface area contributed by atoms with E-state index < -0.39 is 6.09 Å². The Morgan fingerprint density at radius 3 is 2.82 bits per heavy atom. The average molecular weight is 223 g/mol. The highest BCUT2D eigenvalue weighted by Gasteiger charge is 1.96. The van der Waals surface area contributed by atoms with E-state index in [4.69, 9.17) is 0 Å². The van der Waals surface area contributed by atoms with Crippen molar-refractivity contribution in [3.63, 3.8) is 0 Å². The Morgan fingerprint density at radius 1 is 1.73 bits per heavy atom. The SMILES string of the molecule is CCOC(=O)N/N=C(\C)CBr. The van der Waals surface area contributed by atoms with Crippen molar-refractivity contribution in [2.75, 3.05) is 11.9 Å². The second-order valence-electron chi connectivity index (χ2n) is 1.81. The normalized spacial score (nSPS) is 11.0. The lowest BCUT2D eigenvalue weighted by Gasteiger charge is -1.99. The van der Waals surface area contributed by atoms with Crippen LogP contribution in [0.4, 0.5) is 4.79 Å². The molecule has 0 fully saturated rings. The number of nitrogens with one attached hydrogen (secondary N) is 1. The lowest BCUT2D eigenvalue weighted by atomic mass is 10.5. The van der Waals surface area contributed by atoms with Crippen LogP contribution in [0.15, 0.2) is 5.10 Å². The highest BCUT2D eigenvalue weighted by molar-refractivity contribution is 9.09. The molecule has 0 radical (unpaired) electrons. The molecule has 1 amide bonds. The van der Waals surface area contributed by atoms with E-state index >= 15 is 0 Å². The average Bonchev–Trinajstić information content (AvgIpc) is 2.01. The maximum Gasteiger partial charge on any atom is 0.427 e. The number of carbonyl (C=O) groups is 1. The molecular weight excluding hydrogens is 212 g/mol. The number of hydrogen-bond donors (Lipinski definition) is 1. The van der Waals surface area contributed by atoms with E-state index in [1.54, 1.807) is 13.8 Å². The lowest BCUT2D eigenvalue weighted by molar-refractivity contribution is 0.152. The van der Waals surface area contributed by atoms with E-state index in [0.29, 0.717) is 11.9 Å². The van der Waals surface area contributed by atoms with Crippen molar-refractivity contribution >= 4 is 27.7 Å². The Hall–Kier alpha value is -0.580. The number of nitrogens with zero attached hydrogens (tertiary/aromatic N) is 1. The second kappa shape index (κ2) is 6.15. The van der Waals surface area contributed by atoms with E-state index in [0.717, 1.165) is 5.71 Å². The summed E-state index contributed by atoms with van der Waals surface area (Å²) in [5, 5.41) is 4.34. The van der Waals surface area contributed by atoms with Gasteiger partial charge in [0, 0.05) is 11.0 Å². The number of amides is 1. The molecule has 0 aromatic carbocycles. The number of hydrazone groups is 1. The Labute approximate surface area is 74.1 Å². The van der Waals surface area contributed by atoms with Gasteiger partial charge in [-0.25, -0.2) is 10.2 Å². The minimum Gasteiger partial charge on any atom is -0.449 e. The maximum absolute atomic E-state index is 10.6. The molecular formula is C6H11BrN2O2. The zero-order valence-corrected chi connectivity index (χ0v) is 8.14. The first kappa shape index (κ1) is 10.4. The van der Waals surface area contributed by atoms with Gasteiger partial charge >= 0.3 is 6.09 Å². The monoisotopic (exact) mass is 222 g/mol. The van der Waals surface area contributed by atoms with Crippen LogP contribution in [-0.4, -0.2) is 23.7 Å². The number of halogens is 1. The van der Waals surface area contributed by atoms with Gasteiger partial charge in [0.1, 0.15) is 0 Å². The number of carbonyl (C=O) groups excluding carboxylic acids is 1. The molecule has 64 valence electrons. The van der Waals surface area contributed by atoms with E-state index in [9.17, 15) is 4.79 Å². The predicted octanol–water partition coefficient (Wildman–Crippen LogP) is 1.50. The van der Waals surface area contributed by atoms with E-state index in [2.05, 4.69) is 31.2 Å². The van der Waals surface area contributed by atoms with Gasteiger partial charge in [-0.2, -0.15) is 5.10 Å². The summed E-state index contributed by atoms with van der Waals surface area (Å²) in [6.45, 7) is 3.89. The second-order valence-corrected chi connectivity index (χ2v) is 2.37. The lowest BCUT2D eigenvalue weighted by Crippen LogP contribution is -2.20. The van der Waals surface area contributed by atoms with E-state index in [1.807, 2.05) is 0 Å². The summed E-state index contributed by atoms with van der Waals surface area (Å²) in [4.78, 5) is 10.6. The van der Waals surface area contributed by atoms with Gasteiger partial charge in [-0.05, 0) is 13.8 Å². The van der Waals surface area contributed by atoms with E-state index in [1.165, 1.54) is 0 Å². The summed E-state index contributed by atoms with van der Waals surface area (Å²) in [7, 11) is 0. The number of hydrogen-bond acceptors (Lipinski definition) is 3. The van der Waals surface area contributed by atoms with Crippen molar-refractivity contribution < 1.29 is 9.53 Å². The third-order valence-corrected chi connectivity index (χ3v) is 1.62. The molecule has 4 nitrogen and oxygen atoms in total. The van der Waals surface area contributed by atoms with Crippen molar-refractivity contribution in [1.82, 2.24) is 5.43 Å². The summed E-state index contributed by atoms with van der Waals surface area (Å²) in [5.41, 5.74) is 3.02. The van der Waals surface area contributed by atoms with Crippen LogP contribution in [0, 0.1) is 0 Å². The van der Waals surface area contributed by atoms with Crippen LogP contribution in [-0.2, 0) is 4.74 Å². The molecule has 0 saturated heterocycles. The topological polar surface area (TPSA) is 50.7 Å². The van der Waals surface area contributed by atoms with Gasteiger partial charge in [-0.3, -0.25) is 0 Å². The third-order valence-electron chi connectivity index (χ3n) is 0.807. The molecule has 1 N–H and O–H groups in total. The van der Waals surface area contributed by atoms with Crippen LogP contribution >= 0.6 is 15.9 Å². The molecule has 0 rings (SSSR count). The smallest absolute Gasteiger partial charge is 0.427 e. The Kier molecular flexibility index (Phi) is 5.83. The molecule has 0 atom stereocenters. The standard InChI is InChI=1S/C6H11BrN2O2/c1-3-11-6(10)9-8-5(2)4-7/h3-4H2,1-2H3,(H,9,10)/b8-5+. The van der Waals surface area contributed by atoms with Crippen LogP contribution in [0.25, 0.3) is 0 Å². The summed E-state index contributed by atoms with van der Waals surface area (Å²) < 4.78 is 4.56. The van der Waals surface area contributed by atoms with Crippen molar-refractivity contribution in [3.05, 3.63) is 0 Å². The van der Waals surface area contributed by atoms with Gasteiger partial charge in [0.2, 0.25) is 0 Å². The van der Waals surface area contributed by atoms with Gasteiger partial charge in [0.25, 0.3) is 0 Å². The fourth-order valence-corrected chi connectivity index (χ4v) is 0.460. The van der Waals surface area contributed by atoms with Gasteiger partial charge in [0.05, 0.1) is 6.61 Å². The molecule has 11 heavy (non-hydrogen) atoms. The molecule has 0 aliphatic heterocycles. The molecule has 5 heteroatoms. The molecule has 0 saturated carbocycles. The summed E-state index contributed by atoms with van der Waals surface area (Å²) in [5.74, 6) is 0. The van der Waals surface area contributed by atoms with Crippen LogP contribution in [0.3, 0.4) is 0 Å². The quantitative estimate of drug-likeness (QED) is 0.447. The zero-order valence-electron chi connectivity index (χ0n) is 6.56. The van der Waals surface area contributed by atoms with E-state index in [-0.39, 0.29) is 0 Å². The molecule has 0 aromatic rings. The van der Waals surface area contributed by atoms with Crippen LogP contribution in [0.5, 0.6) is 0 Å². The minimum atomic E-state index is -0.521. The highest BCUT2D eigenvalue weighted by Crippen LogP contribution is 1.84. The van der Waals surface area contributed by atoms with Gasteiger partial charge in [-0.15, -0.1) is 0 Å². The molecule has 0 aliphatic rings. The van der Waals surface area contributed by atoms with Crippen LogP contribution in [0.2, 0.25) is 0 Å². The maximum atomic E-state index is 10.6. The van der Waals surface area contributed by atoms with Crippen molar-refractivity contribution in [1.29, 1.82) is 0 Å². The zero-order chi connectivity index (χ0) is 8.69. The van der Waals surface area contributed by atoms with Crippen molar-refractivity contribution in [2.24, 2.45) is 5.10 Å². The van der Waals surface area contributed by atoms with Crippen LogP contribution in [0.1, 0.15) is 13.8 Å². The molecule has 0 unspecified atom stereocenters. The van der Waals surface area contributed by atoms with Gasteiger partial charge in [0.15, 0.2) is 0 Å². The summed E-state index contributed by atoms with van der Waals surface area (Å²) in [6.07, 6.45) is -0.521. The van der Waals surface area contributed by atoms with Crippen molar-refractivity contribution in [3.8, 4) is 0 Å². The third kappa shape index (κ3) is 5.84. The number of alkyl halides is 1. The minimum absolute atomic E-state index is 0.356. The fourth-order valence-electron chi connectivity index (χ4n) is 0.334. The molecule has 0 aromatic heterocycles. The first-order valence-corrected chi connectivity index (χ1v) is 4.34. The molecule has 0 heterocycles. The first-order valence-electron chi connectivity index (χ1n) is 3.22. The Morgan fingerprint density at radius 2 is 2.36 bits per heavy atom. The fraction of sp³-hybridized carbons (Fsp3) is 0.667. The van der Waals surface area contributed by atoms with Crippen molar-refractivity contribution in [2.45, 2.75) is 13.8 Å². The summed E-state index contributed by atoms with van der Waals surface area (Å²) in [6, 6.07) is 0. The number of rotatable bonds is 3. The Balaban J connectivity index is 3.60. The molecule has 0 spiro atoms. The van der Waals surface area contributed by atoms with Gasteiger partial charge in [-0.1, -0.05) is 15.9 Å².